The first-order chi connectivity index (χ1) is 12.1. The number of ether oxygens (including phenoxy) is 1. The number of carbonyl (C=O) groups excluding carboxylic acids is 1. The average Bonchev–Trinajstić information content (AvgIpc) is 3.28. The summed E-state index contributed by atoms with van der Waals surface area (Å²) in [7, 11) is 1.46. The van der Waals surface area contributed by atoms with Crippen molar-refractivity contribution >= 4 is 39.7 Å². The standard InChI is InChI=1S/C19H21FN2O2S.ClH/c1-24-15-13(20)3-2-12-10-14(25-16(12)15)18(23)21-17-11-4-8-22(9-5-11)19(17)6-7-19;/h2-3,10-11,17H,4-9H2,1H3,(H,21,23);1H/t17-;/m1./s1. The topological polar surface area (TPSA) is 41.6 Å². The van der Waals surface area contributed by atoms with E-state index in [-0.39, 0.29) is 35.6 Å². The summed E-state index contributed by atoms with van der Waals surface area (Å²) < 4.78 is 19.8. The van der Waals surface area contributed by atoms with Crippen LogP contribution in [0.15, 0.2) is 18.2 Å². The highest BCUT2D eigenvalue weighted by molar-refractivity contribution is 7.21. The van der Waals surface area contributed by atoms with E-state index in [0.29, 0.717) is 15.5 Å². The van der Waals surface area contributed by atoms with Crippen LogP contribution in [0.1, 0.15) is 35.4 Å². The molecular formula is C19H22ClFN2O2S. The van der Waals surface area contributed by atoms with E-state index >= 15 is 0 Å². The van der Waals surface area contributed by atoms with Crippen LogP contribution < -0.4 is 10.1 Å². The summed E-state index contributed by atoms with van der Waals surface area (Å²) in [4.78, 5) is 16.1. The zero-order valence-corrected chi connectivity index (χ0v) is 16.2. The van der Waals surface area contributed by atoms with E-state index in [9.17, 15) is 9.18 Å². The summed E-state index contributed by atoms with van der Waals surface area (Å²) in [6.45, 7) is 2.35. The molecule has 4 aliphatic rings. The number of rotatable bonds is 3. The first-order valence-corrected chi connectivity index (χ1v) is 9.76. The zero-order valence-electron chi connectivity index (χ0n) is 14.6. The van der Waals surface area contributed by atoms with Crippen LogP contribution in [0.3, 0.4) is 0 Å². The Morgan fingerprint density at radius 3 is 2.73 bits per heavy atom. The summed E-state index contributed by atoms with van der Waals surface area (Å²) in [5.41, 5.74) is 0.220. The van der Waals surface area contributed by atoms with Gasteiger partial charge in [0.1, 0.15) is 0 Å². The number of benzene rings is 1. The van der Waals surface area contributed by atoms with Crippen molar-refractivity contribution in [3.63, 3.8) is 0 Å². The lowest BCUT2D eigenvalue weighted by Gasteiger charge is -2.52. The van der Waals surface area contributed by atoms with Crippen molar-refractivity contribution in [2.24, 2.45) is 5.92 Å². The fourth-order valence-corrected chi connectivity index (χ4v) is 5.96. The maximum absolute atomic E-state index is 13.9. The SMILES string of the molecule is COc1c(F)ccc2cc(C(=O)N[C@@H]3C4CCN(CC4)C34CC4)sc12.Cl. The Morgan fingerprint density at radius 2 is 2.08 bits per heavy atom. The largest absolute Gasteiger partial charge is 0.492 e. The van der Waals surface area contributed by atoms with E-state index in [0.717, 1.165) is 5.39 Å². The van der Waals surface area contributed by atoms with Crippen molar-refractivity contribution < 1.29 is 13.9 Å². The molecule has 3 aliphatic heterocycles. The Bertz CT molecular complexity index is 859. The predicted molar refractivity (Wildman–Crippen MR) is 103 cm³/mol. The summed E-state index contributed by atoms with van der Waals surface area (Å²) in [6, 6.07) is 5.20. The highest BCUT2D eigenvalue weighted by atomic mass is 35.5. The maximum atomic E-state index is 13.9. The first kappa shape index (κ1) is 18.0. The summed E-state index contributed by atoms with van der Waals surface area (Å²) in [6.07, 6.45) is 4.75. The molecule has 3 saturated heterocycles. The van der Waals surface area contributed by atoms with Gasteiger partial charge in [-0.15, -0.1) is 23.7 Å². The second-order valence-corrected chi connectivity index (χ2v) is 8.54. The van der Waals surface area contributed by atoms with E-state index in [1.165, 1.54) is 63.3 Å². The molecule has 1 amide bonds. The molecule has 7 heteroatoms. The van der Waals surface area contributed by atoms with Crippen molar-refractivity contribution in [3.8, 4) is 5.75 Å². The van der Waals surface area contributed by atoms with Crippen LogP contribution in [0.4, 0.5) is 4.39 Å². The molecule has 4 fully saturated rings. The van der Waals surface area contributed by atoms with Gasteiger partial charge in [0.25, 0.3) is 5.91 Å². The van der Waals surface area contributed by atoms with Crippen LogP contribution in [-0.4, -0.2) is 42.6 Å². The number of amides is 1. The van der Waals surface area contributed by atoms with E-state index in [1.807, 2.05) is 6.07 Å². The average molecular weight is 397 g/mol. The van der Waals surface area contributed by atoms with Crippen molar-refractivity contribution in [2.75, 3.05) is 20.2 Å². The van der Waals surface area contributed by atoms with E-state index in [4.69, 9.17) is 4.74 Å². The number of fused-ring (bicyclic) bond motifs is 3. The quantitative estimate of drug-likeness (QED) is 0.857. The molecule has 2 aromatic rings. The normalized spacial score (nSPS) is 28.0. The van der Waals surface area contributed by atoms with E-state index in [2.05, 4.69) is 10.2 Å². The van der Waals surface area contributed by atoms with Gasteiger partial charge in [0.05, 0.1) is 22.7 Å². The van der Waals surface area contributed by atoms with Gasteiger partial charge >= 0.3 is 0 Å². The number of carbonyl (C=O) groups is 1. The van der Waals surface area contributed by atoms with Gasteiger partial charge in [-0.05, 0) is 62.2 Å². The number of methoxy groups -OCH3 is 1. The highest BCUT2D eigenvalue weighted by Crippen LogP contribution is 2.53. The van der Waals surface area contributed by atoms with Gasteiger partial charge in [-0.2, -0.15) is 0 Å². The summed E-state index contributed by atoms with van der Waals surface area (Å²) >= 11 is 1.31. The molecule has 2 bridgehead atoms. The molecule has 0 unspecified atom stereocenters. The Hall–Kier alpha value is -1.37. The lowest BCUT2D eigenvalue weighted by atomic mass is 9.77. The monoisotopic (exact) mass is 396 g/mol. The molecular weight excluding hydrogens is 375 g/mol. The molecule has 1 aliphatic carbocycles. The third-order valence-corrected chi connectivity index (χ3v) is 7.44. The predicted octanol–water partition coefficient (Wildman–Crippen LogP) is 3.83. The third kappa shape index (κ3) is 2.53. The van der Waals surface area contributed by atoms with Crippen LogP contribution >= 0.6 is 23.7 Å². The van der Waals surface area contributed by atoms with Gasteiger partial charge in [0.15, 0.2) is 11.6 Å². The minimum Gasteiger partial charge on any atom is -0.492 e. The minimum atomic E-state index is -0.391. The zero-order chi connectivity index (χ0) is 17.2. The van der Waals surface area contributed by atoms with Crippen LogP contribution in [0.5, 0.6) is 5.75 Å². The van der Waals surface area contributed by atoms with Crippen molar-refractivity contribution in [3.05, 3.63) is 28.9 Å². The summed E-state index contributed by atoms with van der Waals surface area (Å²) in [5, 5.41) is 4.18. The van der Waals surface area contributed by atoms with Crippen LogP contribution in [-0.2, 0) is 0 Å². The number of thiophene rings is 1. The molecule has 1 aromatic heterocycles. The first-order valence-electron chi connectivity index (χ1n) is 8.94. The number of halogens is 2. The maximum Gasteiger partial charge on any atom is 0.261 e. The molecule has 140 valence electrons. The molecule has 26 heavy (non-hydrogen) atoms. The molecule has 1 aromatic carbocycles. The second-order valence-electron chi connectivity index (χ2n) is 7.49. The Balaban J connectivity index is 0.00000168. The Kier molecular flexibility index (Phi) is 4.40. The third-order valence-electron chi connectivity index (χ3n) is 6.29. The lowest BCUT2D eigenvalue weighted by molar-refractivity contribution is -0.00138. The Morgan fingerprint density at radius 1 is 1.35 bits per heavy atom. The molecule has 1 saturated carbocycles. The molecule has 1 spiro atoms. The molecule has 4 heterocycles. The number of nitrogens with one attached hydrogen (secondary N) is 1. The van der Waals surface area contributed by atoms with E-state index < -0.39 is 5.82 Å². The molecule has 4 nitrogen and oxygen atoms in total. The molecule has 1 N–H and O–H groups in total. The van der Waals surface area contributed by atoms with Crippen LogP contribution in [0, 0.1) is 11.7 Å². The van der Waals surface area contributed by atoms with Gasteiger partial charge in [-0.25, -0.2) is 4.39 Å². The van der Waals surface area contributed by atoms with Crippen molar-refractivity contribution in [1.29, 1.82) is 0 Å². The summed E-state index contributed by atoms with van der Waals surface area (Å²) in [5.74, 6) is 0.396. The molecule has 1 atom stereocenters. The fraction of sp³-hybridized carbons (Fsp3) is 0.526. The number of hydrogen-bond donors (Lipinski definition) is 1. The van der Waals surface area contributed by atoms with Crippen molar-refractivity contribution in [2.45, 2.75) is 37.3 Å². The molecule has 0 radical (unpaired) electrons. The van der Waals surface area contributed by atoms with Gasteiger partial charge in [0, 0.05) is 5.54 Å². The highest BCUT2D eigenvalue weighted by Gasteiger charge is 2.60. The Labute approximate surface area is 162 Å². The van der Waals surface area contributed by atoms with Gasteiger partial charge in [-0.3, -0.25) is 9.69 Å². The van der Waals surface area contributed by atoms with Crippen LogP contribution in [0.25, 0.3) is 10.1 Å². The van der Waals surface area contributed by atoms with Gasteiger partial charge in [0.2, 0.25) is 0 Å². The van der Waals surface area contributed by atoms with Crippen LogP contribution in [0.2, 0.25) is 0 Å². The second kappa shape index (κ2) is 6.36. The molecule has 6 rings (SSSR count). The number of hydrogen-bond acceptors (Lipinski definition) is 4. The van der Waals surface area contributed by atoms with E-state index in [1.54, 1.807) is 6.07 Å². The lowest BCUT2D eigenvalue weighted by Crippen LogP contribution is -2.65. The number of piperidine rings is 3. The fourth-order valence-electron chi connectivity index (χ4n) is 4.89. The minimum absolute atomic E-state index is 0. The van der Waals surface area contributed by atoms with Gasteiger partial charge < -0.3 is 10.1 Å². The number of nitrogens with zero attached hydrogens (tertiary/aromatic N) is 1. The van der Waals surface area contributed by atoms with Gasteiger partial charge in [-0.1, -0.05) is 6.07 Å². The van der Waals surface area contributed by atoms with Crippen molar-refractivity contribution in [1.82, 2.24) is 10.2 Å². The smallest absolute Gasteiger partial charge is 0.261 e.